The van der Waals surface area contributed by atoms with Crippen LogP contribution in [-0.2, 0) is 16.4 Å². The third-order valence-electron chi connectivity index (χ3n) is 3.95. The molecule has 3 aromatic rings. The van der Waals surface area contributed by atoms with E-state index in [1.165, 1.54) is 35.6 Å². The minimum atomic E-state index is -3.96. The molecule has 3 N–H and O–H groups in total. The Morgan fingerprint density at radius 1 is 1.24 bits per heavy atom. The molecule has 0 aliphatic heterocycles. The monoisotopic (exact) mass is 451 g/mol. The highest BCUT2D eigenvalue weighted by molar-refractivity contribution is 7.92. The van der Waals surface area contributed by atoms with E-state index in [9.17, 15) is 18.3 Å². The summed E-state index contributed by atoms with van der Waals surface area (Å²) in [4.78, 5) is 17.2. The summed E-state index contributed by atoms with van der Waals surface area (Å²) < 4.78 is 27.8. The van der Waals surface area contributed by atoms with E-state index in [1.54, 1.807) is 25.1 Å². The Bertz CT molecular complexity index is 1180. The molecule has 29 heavy (non-hydrogen) atoms. The third-order valence-corrected chi connectivity index (χ3v) is 6.87. The molecular formula is C19H18ClN3O4S2. The predicted molar refractivity (Wildman–Crippen MR) is 115 cm³/mol. The van der Waals surface area contributed by atoms with Crippen molar-refractivity contribution in [3.63, 3.8) is 0 Å². The molecule has 0 bridgehead atoms. The first kappa shape index (κ1) is 21.1. The van der Waals surface area contributed by atoms with Crippen molar-refractivity contribution in [2.45, 2.75) is 25.2 Å². The van der Waals surface area contributed by atoms with Gasteiger partial charge in [-0.25, -0.2) is 13.4 Å². The van der Waals surface area contributed by atoms with Gasteiger partial charge in [0.15, 0.2) is 0 Å². The average Bonchev–Trinajstić information content (AvgIpc) is 3.04. The smallest absolute Gasteiger partial charge is 0.267 e. The van der Waals surface area contributed by atoms with Crippen molar-refractivity contribution >= 4 is 50.2 Å². The van der Waals surface area contributed by atoms with E-state index in [2.05, 4.69) is 15.0 Å². The summed E-state index contributed by atoms with van der Waals surface area (Å²) in [5, 5.41) is 13.8. The molecule has 0 radical (unpaired) electrons. The molecule has 2 aromatic carbocycles. The van der Waals surface area contributed by atoms with Gasteiger partial charge in [0.2, 0.25) is 0 Å². The number of carbonyl (C=O) groups excluding carboxylic acids is 1. The van der Waals surface area contributed by atoms with Crippen LogP contribution in [0, 0.1) is 6.92 Å². The number of nitrogens with zero attached hydrogens (tertiary/aromatic N) is 1. The lowest BCUT2D eigenvalue weighted by Crippen LogP contribution is -2.15. The van der Waals surface area contributed by atoms with Crippen LogP contribution in [0.2, 0.25) is 5.02 Å². The van der Waals surface area contributed by atoms with Crippen molar-refractivity contribution in [1.29, 1.82) is 0 Å². The Balaban J connectivity index is 1.87. The Morgan fingerprint density at radius 2 is 2.00 bits per heavy atom. The van der Waals surface area contributed by atoms with Crippen LogP contribution in [0.5, 0.6) is 5.75 Å². The van der Waals surface area contributed by atoms with Crippen molar-refractivity contribution in [2.75, 3.05) is 10.0 Å². The van der Waals surface area contributed by atoms with Crippen molar-refractivity contribution in [3.8, 4) is 5.75 Å². The predicted octanol–water partition coefficient (Wildman–Crippen LogP) is 4.43. The molecule has 10 heteroatoms. The molecule has 1 heterocycles. The highest BCUT2D eigenvalue weighted by atomic mass is 35.5. The summed E-state index contributed by atoms with van der Waals surface area (Å²) in [6, 6.07) is 9.91. The first-order chi connectivity index (χ1) is 13.7. The minimum Gasteiger partial charge on any atom is -0.506 e. The number of amides is 1. The van der Waals surface area contributed by atoms with Crippen molar-refractivity contribution in [2.24, 2.45) is 0 Å². The molecule has 0 saturated carbocycles. The number of nitrogens with one attached hydrogen (secondary N) is 2. The maximum Gasteiger partial charge on any atom is 0.267 e. The fraction of sp³-hybridized carbons (Fsp3) is 0.158. The zero-order valence-electron chi connectivity index (χ0n) is 15.6. The maximum atomic E-state index is 12.7. The molecule has 1 amide bonds. The second kappa shape index (κ2) is 8.40. The number of aromatic hydroxyl groups is 1. The number of carbonyl (C=O) groups is 1. The fourth-order valence-corrected chi connectivity index (χ4v) is 4.71. The second-order valence-corrected chi connectivity index (χ2v) is 9.33. The number of hydrogen-bond donors (Lipinski definition) is 3. The van der Waals surface area contributed by atoms with E-state index in [0.717, 1.165) is 5.01 Å². The van der Waals surface area contributed by atoms with Crippen LogP contribution in [0.1, 0.15) is 27.3 Å². The van der Waals surface area contributed by atoms with Crippen LogP contribution in [0.15, 0.2) is 47.4 Å². The van der Waals surface area contributed by atoms with Crippen molar-refractivity contribution in [3.05, 3.63) is 63.1 Å². The normalized spacial score (nSPS) is 11.3. The number of thiazole rings is 1. The summed E-state index contributed by atoms with van der Waals surface area (Å²) in [6.45, 7) is 3.66. The standard InChI is InChI=1S/C19H18ClN3O4S2/c1-3-17-21-11(2)18(28-17)19(25)22-15-10-14(7-8-16(15)24)29(26,27)23-13-6-4-5-12(20)9-13/h4-10,23-24H,3H2,1-2H3,(H,22,25). The van der Waals surface area contributed by atoms with E-state index in [0.29, 0.717) is 27.7 Å². The Morgan fingerprint density at radius 3 is 2.66 bits per heavy atom. The van der Waals surface area contributed by atoms with Crippen molar-refractivity contribution in [1.82, 2.24) is 4.98 Å². The SMILES string of the molecule is CCc1nc(C)c(C(=O)Nc2cc(S(=O)(=O)Nc3cccc(Cl)c3)ccc2O)s1. The topological polar surface area (TPSA) is 108 Å². The number of aromatic nitrogens is 1. The van der Waals surface area contributed by atoms with Gasteiger partial charge in [0.25, 0.3) is 15.9 Å². The molecule has 1 aromatic heterocycles. The lowest BCUT2D eigenvalue weighted by atomic mass is 10.2. The van der Waals surface area contributed by atoms with Crippen LogP contribution in [-0.4, -0.2) is 24.4 Å². The fourth-order valence-electron chi connectivity index (χ4n) is 2.54. The number of phenolic OH excluding ortho intramolecular Hbond substituents is 1. The molecular weight excluding hydrogens is 434 g/mol. The summed E-state index contributed by atoms with van der Waals surface area (Å²) in [5.41, 5.74) is 0.855. The van der Waals surface area contributed by atoms with Crippen LogP contribution < -0.4 is 10.0 Å². The van der Waals surface area contributed by atoms with Gasteiger partial charge in [0, 0.05) is 5.02 Å². The third kappa shape index (κ3) is 4.87. The van der Waals surface area contributed by atoms with Crippen LogP contribution in [0.25, 0.3) is 0 Å². The summed E-state index contributed by atoms with van der Waals surface area (Å²) in [7, 11) is -3.96. The van der Waals surface area contributed by atoms with Gasteiger partial charge in [-0.2, -0.15) is 0 Å². The van der Waals surface area contributed by atoms with Crippen LogP contribution in [0.4, 0.5) is 11.4 Å². The molecule has 0 atom stereocenters. The number of phenols is 1. The number of aryl methyl sites for hydroxylation is 2. The molecule has 0 aliphatic carbocycles. The molecule has 0 fully saturated rings. The van der Waals surface area contributed by atoms with Crippen molar-refractivity contribution < 1.29 is 18.3 Å². The van der Waals surface area contributed by atoms with Gasteiger partial charge in [-0.3, -0.25) is 9.52 Å². The maximum absolute atomic E-state index is 12.7. The number of halogens is 1. The van der Waals surface area contributed by atoms with Gasteiger partial charge < -0.3 is 10.4 Å². The largest absolute Gasteiger partial charge is 0.506 e. The molecule has 0 spiro atoms. The van der Waals surface area contributed by atoms with Crippen LogP contribution in [0.3, 0.4) is 0 Å². The molecule has 0 saturated heterocycles. The zero-order valence-corrected chi connectivity index (χ0v) is 18.0. The lowest BCUT2D eigenvalue weighted by Gasteiger charge is -2.11. The quantitative estimate of drug-likeness (QED) is 0.480. The highest BCUT2D eigenvalue weighted by Crippen LogP contribution is 2.29. The van der Waals surface area contributed by atoms with E-state index in [4.69, 9.17) is 11.6 Å². The molecule has 3 rings (SSSR count). The number of hydrogen-bond acceptors (Lipinski definition) is 6. The number of sulfonamides is 1. The number of anilines is 2. The van der Waals surface area contributed by atoms with E-state index in [1.807, 2.05) is 6.92 Å². The number of rotatable bonds is 6. The first-order valence-electron chi connectivity index (χ1n) is 8.58. The van der Waals surface area contributed by atoms with E-state index < -0.39 is 15.9 Å². The van der Waals surface area contributed by atoms with Gasteiger partial charge in [0.1, 0.15) is 10.6 Å². The molecule has 0 unspecified atom stereocenters. The molecule has 7 nitrogen and oxygen atoms in total. The van der Waals surface area contributed by atoms with Gasteiger partial charge in [-0.05, 0) is 49.7 Å². The van der Waals surface area contributed by atoms with Crippen LogP contribution >= 0.6 is 22.9 Å². The van der Waals surface area contributed by atoms with Gasteiger partial charge in [-0.15, -0.1) is 11.3 Å². The Labute approximate surface area is 177 Å². The summed E-state index contributed by atoms with van der Waals surface area (Å²) >= 11 is 7.14. The Hall–Kier alpha value is -2.62. The van der Waals surface area contributed by atoms with E-state index >= 15 is 0 Å². The minimum absolute atomic E-state index is 0.0187. The average molecular weight is 452 g/mol. The summed E-state index contributed by atoms with van der Waals surface area (Å²) in [6.07, 6.45) is 0.701. The highest BCUT2D eigenvalue weighted by Gasteiger charge is 2.20. The Kier molecular flexibility index (Phi) is 6.11. The molecule has 152 valence electrons. The van der Waals surface area contributed by atoms with Gasteiger partial charge in [-0.1, -0.05) is 24.6 Å². The lowest BCUT2D eigenvalue weighted by molar-refractivity contribution is 0.102. The second-order valence-electron chi connectivity index (χ2n) is 6.12. The van der Waals surface area contributed by atoms with Gasteiger partial charge >= 0.3 is 0 Å². The van der Waals surface area contributed by atoms with E-state index in [-0.39, 0.29) is 16.3 Å². The summed E-state index contributed by atoms with van der Waals surface area (Å²) in [5.74, 6) is -0.717. The van der Waals surface area contributed by atoms with Gasteiger partial charge in [0.05, 0.1) is 27.0 Å². The first-order valence-corrected chi connectivity index (χ1v) is 11.3. The molecule has 0 aliphatic rings. The number of benzene rings is 2. The zero-order chi connectivity index (χ0) is 21.2.